The minimum absolute atomic E-state index is 0.0352. The number of amides is 1. The predicted molar refractivity (Wildman–Crippen MR) is 102 cm³/mol. The van der Waals surface area contributed by atoms with Crippen LogP contribution in [0, 0.1) is 0 Å². The molecule has 0 aromatic heterocycles. The van der Waals surface area contributed by atoms with Gasteiger partial charge in [0.05, 0.1) is 0 Å². The lowest BCUT2D eigenvalue weighted by atomic mass is 10.0. The van der Waals surface area contributed by atoms with Crippen LogP contribution in [0.3, 0.4) is 0 Å². The number of carbonyl (C=O) groups is 1. The number of benzene rings is 2. The summed E-state index contributed by atoms with van der Waals surface area (Å²) in [4.78, 5) is 12.2. The standard InChI is InChI=1S/C22H27NO/c1-4-5-6-7-18-8-14-21(15-9-18)22(24)23-16-19-10-12-20(13-11-19)17(2)3/h6-15,17H,4-5,16H2,1-3H3,(H,23,24). The Balaban J connectivity index is 1.90. The van der Waals surface area contributed by atoms with Gasteiger partial charge in [0.2, 0.25) is 0 Å². The first-order chi connectivity index (χ1) is 11.6. The fraction of sp³-hybridized carbons (Fsp3) is 0.318. The maximum absolute atomic E-state index is 12.2. The number of allylic oxidation sites excluding steroid dienone is 1. The molecule has 2 aromatic rings. The van der Waals surface area contributed by atoms with Crippen molar-refractivity contribution in [3.8, 4) is 0 Å². The third kappa shape index (κ3) is 5.38. The van der Waals surface area contributed by atoms with Crippen molar-refractivity contribution in [3.63, 3.8) is 0 Å². The van der Waals surface area contributed by atoms with Crippen LogP contribution in [0.5, 0.6) is 0 Å². The second-order valence-electron chi connectivity index (χ2n) is 6.39. The van der Waals surface area contributed by atoms with Crippen LogP contribution in [0.2, 0.25) is 0 Å². The number of unbranched alkanes of at least 4 members (excludes halogenated alkanes) is 1. The Morgan fingerprint density at radius 3 is 2.29 bits per heavy atom. The topological polar surface area (TPSA) is 29.1 Å². The van der Waals surface area contributed by atoms with Gasteiger partial charge in [-0.3, -0.25) is 4.79 Å². The number of hydrogen-bond donors (Lipinski definition) is 1. The quantitative estimate of drug-likeness (QED) is 0.711. The molecule has 2 heteroatoms. The smallest absolute Gasteiger partial charge is 0.251 e. The zero-order chi connectivity index (χ0) is 17.4. The van der Waals surface area contributed by atoms with Crippen molar-refractivity contribution in [3.05, 3.63) is 76.9 Å². The number of carbonyl (C=O) groups excluding carboxylic acids is 1. The maximum atomic E-state index is 12.2. The summed E-state index contributed by atoms with van der Waals surface area (Å²) < 4.78 is 0. The molecular formula is C22H27NO. The van der Waals surface area contributed by atoms with E-state index >= 15 is 0 Å². The van der Waals surface area contributed by atoms with Crippen LogP contribution in [0.4, 0.5) is 0 Å². The lowest BCUT2D eigenvalue weighted by Gasteiger charge is -2.08. The van der Waals surface area contributed by atoms with Crippen LogP contribution in [0.1, 0.15) is 66.6 Å². The van der Waals surface area contributed by atoms with Gasteiger partial charge in [-0.1, -0.05) is 75.7 Å². The van der Waals surface area contributed by atoms with Gasteiger partial charge in [-0.05, 0) is 41.2 Å². The van der Waals surface area contributed by atoms with Crippen molar-refractivity contribution >= 4 is 12.0 Å². The Kier molecular flexibility index (Phi) is 6.80. The monoisotopic (exact) mass is 321 g/mol. The molecule has 2 rings (SSSR count). The highest BCUT2D eigenvalue weighted by atomic mass is 16.1. The number of hydrogen-bond acceptors (Lipinski definition) is 1. The molecule has 0 aliphatic carbocycles. The number of nitrogens with one attached hydrogen (secondary N) is 1. The van der Waals surface area contributed by atoms with E-state index in [0.29, 0.717) is 18.0 Å². The molecule has 1 N–H and O–H groups in total. The van der Waals surface area contributed by atoms with E-state index in [4.69, 9.17) is 0 Å². The lowest BCUT2D eigenvalue weighted by Crippen LogP contribution is -2.22. The first kappa shape index (κ1) is 18.0. The highest BCUT2D eigenvalue weighted by Gasteiger charge is 2.05. The maximum Gasteiger partial charge on any atom is 0.251 e. The van der Waals surface area contributed by atoms with E-state index in [9.17, 15) is 4.79 Å². The van der Waals surface area contributed by atoms with Crippen molar-refractivity contribution in [2.24, 2.45) is 0 Å². The van der Waals surface area contributed by atoms with Crippen molar-refractivity contribution in [1.29, 1.82) is 0 Å². The highest BCUT2D eigenvalue weighted by molar-refractivity contribution is 5.94. The van der Waals surface area contributed by atoms with Crippen LogP contribution in [0.25, 0.3) is 6.08 Å². The van der Waals surface area contributed by atoms with Gasteiger partial charge in [0.25, 0.3) is 5.91 Å². The van der Waals surface area contributed by atoms with E-state index in [1.807, 2.05) is 24.3 Å². The van der Waals surface area contributed by atoms with Crippen molar-refractivity contribution in [2.45, 2.75) is 46.1 Å². The Morgan fingerprint density at radius 1 is 1.04 bits per heavy atom. The Labute approximate surface area is 145 Å². The summed E-state index contributed by atoms with van der Waals surface area (Å²) >= 11 is 0. The molecular weight excluding hydrogens is 294 g/mol. The Morgan fingerprint density at radius 2 is 1.71 bits per heavy atom. The fourth-order valence-corrected chi connectivity index (χ4v) is 2.44. The second-order valence-corrected chi connectivity index (χ2v) is 6.39. The Hall–Kier alpha value is -2.35. The number of rotatable bonds is 7. The summed E-state index contributed by atoms with van der Waals surface area (Å²) in [5.41, 5.74) is 4.26. The molecule has 0 fully saturated rings. The zero-order valence-electron chi connectivity index (χ0n) is 14.9. The molecule has 0 aliphatic heterocycles. The van der Waals surface area contributed by atoms with Gasteiger partial charge in [-0.15, -0.1) is 0 Å². The van der Waals surface area contributed by atoms with Gasteiger partial charge >= 0.3 is 0 Å². The minimum atomic E-state index is -0.0352. The van der Waals surface area contributed by atoms with E-state index in [1.54, 1.807) is 0 Å². The fourth-order valence-electron chi connectivity index (χ4n) is 2.44. The van der Waals surface area contributed by atoms with E-state index in [1.165, 1.54) is 5.56 Å². The van der Waals surface area contributed by atoms with Crippen molar-refractivity contribution in [2.75, 3.05) is 0 Å². The van der Waals surface area contributed by atoms with Crippen LogP contribution in [0.15, 0.2) is 54.6 Å². The summed E-state index contributed by atoms with van der Waals surface area (Å²) in [5.74, 6) is 0.491. The van der Waals surface area contributed by atoms with E-state index in [-0.39, 0.29) is 5.91 Å². The SMILES string of the molecule is CCCC=Cc1ccc(C(=O)NCc2ccc(C(C)C)cc2)cc1. The largest absolute Gasteiger partial charge is 0.348 e. The van der Waals surface area contributed by atoms with Crippen LogP contribution in [-0.4, -0.2) is 5.91 Å². The Bertz CT molecular complexity index is 666. The molecule has 0 aliphatic rings. The molecule has 0 unspecified atom stereocenters. The van der Waals surface area contributed by atoms with Crippen molar-refractivity contribution < 1.29 is 4.79 Å². The summed E-state index contributed by atoms with van der Waals surface area (Å²) in [6.45, 7) is 7.07. The molecule has 1 amide bonds. The molecule has 0 bridgehead atoms. The van der Waals surface area contributed by atoms with E-state index in [2.05, 4.69) is 62.5 Å². The average molecular weight is 321 g/mol. The van der Waals surface area contributed by atoms with Gasteiger partial charge in [0.1, 0.15) is 0 Å². The summed E-state index contributed by atoms with van der Waals surface area (Å²) in [6.07, 6.45) is 6.49. The highest BCUT2D eigenvalue weighted by Crippen LogP contribution is 2.14. The van der Waals surface area contributed by atoms with Crippen LogP contribution >= 0.6 is 0 Å². The zero-order valence-corrected chi connectivity index (χ0v) is 14.9. The molecule has 24 heavy (non-hydrogen) atoms. The molecule has 0 saturated carbocycles. The molecule has 2 nitrogen and oxygen atoms in total. The van der Waals surface area contributed by atoms with Crippen molar-refractivity contribution in [1.82, 2.24) is 5.32 Å². The van der Waals surface area contributed by atoms with Gasteiger partial charge in [0.15, 0.2) is 0 Å². The van der Waals surface area contributed by atoms with Crippen LogP contribution < -0.4 is 5.32 Å². The van der Waals surface area contributed by atoms with E-state index < -0.39 is 0 Å². The van der Waals surface area contributed by atoms with Gasteiger partial charge < -0.3 is 5.32 Å². The lowest BCUT2D eigenvalue weighted by molar-refractivity contribution is 0.0951. The normalized spacial score (nSPS) is 11.2. The summed E-state index contributed by atoms with van der Waals surface area (Å²) in [7, 11) is 0. The predicted octanol–water partition coefficient (Wildman–Crippen LogP) is 5.55. The van der Waals surface area contributed by atoms with E-state index in [0.717, 1.165) is 24.0 Å². The van der Waals surface area contributed by atoms with Gasteiger partial charge in [0, 0.05) is 12.1 Å². The molecule has 0 spiro atoms. The minimum Gasteiger partial charge on any atom is -0.348 e. The third-order valence-corrected chi connectivity index (χ3v) is 4.04. The molecule has 0 saturated heterocycles. The first-order valence-corrected chi connectivity index (χ1v) is 8.73. The molecule has 0 heterocycles. The second kappa shape index (κ2) is 9.07. The molecule has 2 aromatic carbocycles. The average Bonchev–Trinajstić information content (AvgIpc) is 2.61. The van der Waals surface area contributed by atoms with Gasteiger partial charge in [-0.2, -0.15) is 0 Å². The third-order valence-electron chi connectivity index (χ3n) is 4.04. The summed E-state index contributed by atoms with van der Waals surface area (Å²) in [6, 6.07) is 16.1. The first-order valence-electron chi connectivity index (χ1n) is 8.73. The summed E-state index contributed by atoms with van der Waals surface area (Å²) in [5, 5.41) is 2.98. The molecule has 126 valence electrons. The van der Waals surface area contributed by atoms with Crippen LogP contribution in [-0.2, 0) is 6.54 Å². The molecule has 0 atom stereocenters. The van der Waals surface area contributed by atoms with Gasteiger partial charge in [-0.25, -0.2) is 0 Å². The molecule has 0 radical (unpaired) electrons.